The van der Waals surface area contributed by atoms with Gasteiger partial charge in [-0.25, -0.2) is 5.73 Å². The summed E-state index contributed by atoms with van der Waals surface area (Å²) in [6.45, 7) is -0.328. The number of nitrogens with two attached hydrogens (primary N) is 1. The maximum Gasteiger partial charge on any atom is 0.540 e. The van der Waals surface area contributed by atoms with E-state index in [4.69, 9.17) is 35.0 Å². The number of rotatable bonds is 1. The SMILES string of the molecule is N#C[NH+](CO)C(=[NH2+])[NH3+].O=P([O-])([O-])[O-]. The van der Waals surface area contributed by atoms with Crippen LogP contribution in [0, 0.1) is 11.5 Å². The van der Waals surface area contributed by atoms with Crippen LogP contribution < -0.4 is 30.7 Å². The Labute approximate surface area is 73.4 Å². The Bertz CT molecular complexity index is 234. The summed E-state index contributed by atoms with van der Waals surface area (Å²) in [5.41, 5.74) is 3.26. The van der Waals surface area contributed by atoms with Gasteiger partial charge < -0.3 is 24.4 Å². The van der Waals surface area contributed by atoms with Gasteiger partial charge in [0.15, 0.2) is 0 Å². The molecule has 10 heteroatoms. The minimum atomic E-state index is -5.39. The Balaban J connectivity index is 0. The number of nitriles is 1. The standard InChI is InChI=1S/C3H6N4O.H3O4P/c4-1-7(2-8)3(5)6;1-5(2,3)4/h8H,2H2,(H3,5,6);(H3,1,2,3,4). The second-order valence-electron chi connectivity index (χ2n) is 1.72. The first kappa shape index (κ1) is 14.7. The lowest BCUT2D eigenvalue weighted by Gasteiger charge is -2.36. The van der Waals surface area contributed by atoms with Crippen molar-refractivity contribution in [1.29, 1.82) is 5.26 Å². The van der Waals surface area contributed by atoms with Crippen molar-refractivity contribution in [3.63, 3.8) is 0 Å². The molecule has 7 N–H and O–H groups in total. The number of aliphatic hydroxyl groups excluding tert-OH is 1. The Morgan fingerprint density at radius 1 is 1.69 bits per heavy atom. The number of quaternary nitrogens is 2. The number of hydrogen-bond donors (Lipinski definition) is 4. The molecule has 0 radical (unpaired) electrons. The van der Waals surface area contributed by atoms with Crippen molar-refractivity contribution in [1.82, 2.24) is 0 Å². The minimum absolute atomic E-state index is 0.130. The van der Waals surface area contributed by atoms with Gasteiger partial charge in [0.05, 0.1) is 0 Å². The fraction of sp³-hybridized carbons (Fsp3) is 0.333. The van der Waals surface area contributed by atoms with E-state index < -0.39 is 7.82 Å². The van der Waals surface area contributed by atoms with Gasteiger partial charge in [-0.2, -0.15) is 13.2 Å². The van der Waals surface area contributed by atoms with Gasteiger partial charge in [0.1, 0.15) is 0 Å². The second kappa shape index (κ2) is 6.64. The average Bonchev–Trinajstić information content (AvgIpc) is 1.85. The fourth-order valence-corrected chi connectivity index (χ4v) is 0.209. The summed E-state index contributed by atoms with van der Waals surface area (Å²) >= 11 is 0. The summed E-state index contributed by atoms with van der Waals surface area (Å²) in [5.74, 6) is 0.134. The van der Waals surface area contributed by atoms with Gasteiger partial charge in [0, 0.05) is 0 Å². The van der Waals surface area contributed by atoms with Crippen LogP contribution in [0.15, 0.2) is 0 Å². The molecule has 0 rings (SSSR count). The van der Waals surface area contributed by atoms with E-state index in [1.165, 1.54) is 0 Å². The maximum absolute atomic E-state index is 8.55. The number of nitrogens with one attached hydrogen (secondary N) is 1. The highest BCUT2D eigenvalue weighted by Crippen LogP contribution is 2.03. The summed E-state index contributed by atoms with van der Waals surface area (Å²) in [7, 11) is -5.39. The van der Waals surface area contributed by atoms with E-state index in [0.29, 0.717) is 0 Å². The van der Waals surface area contributed by atoms with Crippen LogP contribution in [0.25, 0.3) is 0 Å². The predicted molar refractivity (Wildman–Crippen MR) is 31.1 cm³/mol. The van der Waals surface area contributed by atoms with Crippen LogP contribution in [0.3, 0.4) is 0 Å². The molecule has 0 aliphatic rings. The first-order valence-electron chi connectivity index (χ1n) is 2.77. The highest BCUT2D eigenvalue weighted by molar-refractivity contribution is 7.40. The molecule has 1 atom stereocenters. The van der Waals surface area contributed by atoms with Gasteiger partial charge in [0.25, 0.3) is 0 Å². The van der Waals surface area contributed by atoms with Crippen molar-refractivity contribution in [2.75, 3.05) is 6.73 Å². The first-order valence-corrected chi connectivity index (χ1v) is 4.23. The molecule has 9 nitrogen and oxygen atoms in total. The van der Waals surface area contributed by atoms with Crippen molar-refractivity contribution in [3.05, 3.63) is 0 Å². The van der Waals surface area contributed by atoms with Gasteiger partial charge in [-0.1, -0.05) is 4.90 Å². The molecule has 0 saturated heterocycles. The number of nitrogens with zero attached hydrogens (tertiary/aromatic N) is 1. The lowest BCUT2D eigenvalue weighted by molar-refractivity contribution is -0.809. The van der Waals surface area contributed by atoms with Gasteiger partial charge in [0.2, 0.25) is 6.73 Å². The predicted octanol–water partition coefficient (Wildman–Crippen LogP) is -8.17. The number of hydrogen-bond acceptors (Lipinski definition) is 6. The van der Waals surface area contributed by atoms with Gasteiger partial charge in [-0.15, -0.1) is 5.26 Å². The lowest BCUT2D eigenvalue weighted by Crippen LogP contribution is -3.21. The molecule has 76 valence electrons. The third-order valence-corrected chi connectivity index (χ3v) is 0.681. The second-order valence-corrected chi connectivity index (χ2v) is 2.62. The van der Waals surface area contributed by atoms with Crippen molar-refractivity contribution in [2.24, 2.45) is 0 Å². The molecular weight excluding hydrogens is 203 g/mol. The largest absolute Gasteiger partial charge is 0.822 e. The fourth-order valence-electron chi connectivity index (χ4n) is 0.209. The Hall–Kier alpha value is -0.850. The summed E-state index contributed by atoms with van der Waals surface area (Å²) < 4.78 is 8.55. The van der Waals surface area contributed by atoms with Crippen LogP contribution in [0.1, 0.15) is 0 Å². The molecule has 0 aromatic rings. The molecule has 1 unspecified atom stereocenters. The molecule has 0 aromatic heterocycles. The molecule has 0 bridgehead atoms. The molecule has 0 heterocycles. The maximum atomic E-state index is 8.55. The van der Waals surface area contributed by atoms with E-state index in [1.54, 1.807) is 6.19 Å². The molecule has 13 heavy (non-hydrogen) atoms. The van der Waals surface area contributed by atoms with Gasteiger partial charge in [-0.3, -0.25) is 0 Å². The monoisotopic (exact) mass is 212 g/mol. The minimum Gasteiger partial charge on any atom is -0.822 e. The van der Waals surface area contributed by atoms with E-state index in [9.17, 15) is 0 Å². The zero-order chi connectivity index (χ0) is 11.1. The van der Waals surface area contributed by atoms with Crippen molar-refractivity contribution in [3.8, 4) is 6.19 Å². The van der Waals surface area contributed by atoms with Crippen molar-refractivity contribution >= 4 is 13.8 Å². The van der Waals surface area contributed by atoms with Crippen LogP contribution in [0.4, 0.5) is 0 Å². The van der Waals surface area contributed by atoms with E-state index >= 15 is 0 Å². The molecule has 0 spiro atoms. The van der Waals surface area contributed by atoms with Crippen LogP contribution in [0.5, 0.6) is 0 Å². The Kier molecular flexibility index (Phi) is 7.49. The van der Waals surface area contributed by atoms with Crippen LogP contribution in [-0.2, 0) is 4.57 Å². The zero-order valence-electron chi connectivity index (χ0n) is 6.47. The highest BCUT2D eigenvalue weighted by Gasteiger charge is 2.17. The molecule has 0 aromatic carbocycles. The Morgan fingerprint density at radius 3 is 2.00 bits per heavy atom. The van der Waals surface area contributed by atoms with Crippen molar-refractivity contribution in [2.45, 2.75) is 0 Å². The van der Waals surface area contributed by atoms with Crippen LogP contribution in [0.2, 0.25) is 0 Å². The summed E-state index contributed by atoms with van der Waals surface area (Å²) in [4.78, 5) is 25.8. The zero-order valence-corrected chi connectivity index (χ0v) is 7.36. The topological polar surface area (TPSA) is 188 Å². The van der Waals surface area contributed by atoms with E-state index in [2.05, 4.69) is 5.73 Å². The molecule has 0 saturated carbocycles. The summed E-state index contributed by atoms with van der Waals surface area (Å²) in [6, 6.07) is 0. The van der Waals surface area contributed by atoms with Crippen molar-refractivity contribution < 1.29 is 40.4 Å². The molecule has 0 amide bonds. The smallest absolute Gasteiger partial charge is 0.540 e. The molecule has 0 aliphatic carbocycles. The quantitative estimate of drug-likeness (QED) is 0.110. The number of phosphoric acid groups is 1. The van der Waals surface area contributed by atoms with E-state index in [1.807, 2.05) is 0 Å². The number of guanidine groups is 1. The average molecular weight is 212 g/mol. The van der Waals surface area contributed by atoms with E-state index in [-0.39, 0.29) is 17.6 Å². The normalized spacial score (nSPS) is 12.0. The highest BCUT2D eigenvalue weighted by atomic mass is 31.2. The van der Waals surface area contributed by atoms with Crippen LogP contribution in [-0.4, -0.2) is 17.8 Å². The van der Waals surface area contributed by atoms with Gasteiger partial charge in [-0.05, 0) is 0 Å². The number of aliphatic hydroxyl groups is 1. The summed E-state index contributed by atoms with van der Waals surface area (Å²) in [5, 5.41) is 21.4. The van der Waals surface area contributed by atoms with E-state index in [0.717, 1.165) is 0 Å². The molecule has 0 aliphatic heterocycles. The summed E-state index contributed by atoms with van der Waals surface area (Å²) in [6.07, 6.45) is 1.69. The Morgan fingerprint density at radius 2 is 2.00 bits per heavy atom. The molecular formula is C3H9N4O5P. The molecule has 0 fully saturated rings. The lowest BCUT2D eigenvalue weighted by atomic mass is 10.8. The van der Waals surface area contributed by atoms with Gasteiger partial charge >= 0.3 is 12.2 Å². The third kappa shape index (κ3) is 18.3. The first-order chi connectivity index (χ1) is 5.72. The third-order valence-electron chi connectivity index (χ3n) is 0.681. The van der Waals surface area contributed by atoms with Crippen LogP contribution >= 0.6 is 7.82 Å².